The van der Waals surface area contributed by atoms with Gasteiger partial charge in [-0.05, 0) is 59.7 Å². The molecule has 2 aromatic carbocycles. The third-order valence-corrected chi connectivity index (χ3v) is 7.40. The first kappa shape index (κ1) is 27.8. The molecule has 0 amide bonds. The number of sulfone groups is 1. The summed E-state index contributed by atoms with van der Waals surface area (Å²) >= 11 is 0. The molecule has 0 fully saturated rings. The third kappa shape index (κ3) is 6.82. The summed E-state index contributed by atoms with van der Waals surface area (Å²) in [6.07, 6.45) is 3.20. The lowest BCUT2D eigenvalue weighted by Crippen LogP contribution is -2.11. The van der Waals surface area contributed by atoms with Gasteiger partial charge in [0.15, 0.2) is 16.5 Å². The first-order valence-electron chi connectivity index (χ1n) is 11.5. The number of pyridine rings is 2. The Morgan fingerprint density at radius 3 is 2.18 bits per heavy atom. The van der Waals surface area contributed by atoms with Crippen LogP contribution in [0.15, 0.2) is 95.1 Å². The van der Waals surface area contributed by atoms with E-state index in [4.69, 9.17) is 4.74 Å². The van der Waals surface area contributed by atoms with Crippen LogP contribution in [0, 0.1) is 0 Å². The average molecular weight is 563 g/mol. The minimum atomic E-state index is -3.97. The van der Waals surface area contributed by atoms with Crippen molar-refractivity contribution in [3.05, 3.63) is 102 Å². The fourth-order valence-corrected chi connectivity index (χ4v) is 5.13. The second kappa shape index (κ2) is 12.1. The highest BCUT2D eigenvalue weighted by Crippen LogP contribution is 2.37. The summed E-state index contributed by atoms with van der Waals surface area (Å²) in [5.41, 5.74) is 1.57. The third-order valence-electron chi connectivity index (χ3n) is 5.73. The standard InChI is InChI=1S/C27H22F4N2O5S/c1-36-20-6-4-7-21(15-20)39(34,35)25-11-9-18(16-33-25)22(14-19-5-2-3-12-32-19)17-8-10-23(37-26(28)29)24(13-17)38-27(30)31/h2-13,15-16,22,26-27H,14H2,1H3. The molecule has 39 heavy (non-hydrogen) atoms. The van der Waals surface area contributed by atoms with Gasteiger partial charge in [-0.15, -0.1) is 0 Å². The molecule has 0 bridgehead atoms. The van der Waals surface area contributed by atoms with Gasteiger partial charge < -0.3 is 14.2 Å². The molecule has 0 aliphatic heterocycles. The Balaban J connectivity index is 1.74. The Morgan fingerprint density at radius 2 is 1.54 bits per heavy atom. The van der Waals surface area contributed by atoms with Crippen LogP contribution in [0.5, 0.6) is 17.2 Å². The van der Waals surface area contributed by atoms with E-state index in [9.17, 15) is 26.0 Å². The van der Waals surface area contributed by atoms with Gasteiger partial charge in [0, 0.05) is 30.4 Å². The Labute approximate surface area is 221 Å². The van der Waals surface area contributed by atoms with Gasteiger partial charge in [-0.2, -0.15) is 17.6 Å². The maximum atomic E-state index is 13.1. The molecule has 204 valence electrons. The molecule has 0 saturated heterocycles. The number of rotatable bonds is 11. The van der Waals surface area contributed by atoms with Crippen LogP contribution in [0.2, 0.25) is 0 Å². The minimum Gasteiger partial charge on any atom is -0.497 e. The van der Waals surface area contributed by atoms with Gasteiger partial charge in [0.25, 0.3) is 0 Å². The van der Waals surface area contributed by atoms with Crippen molar-refractivity contribution in [2.24, 2.45) is 0 Å². The lowest BCUT2D eigenvalue weighted by molar-refractivity contribution is -0.0692. The van der Waals surface area contributed by atoms with Gasteiger partial charge in [0.05, 0.1) is 12.0 Å². The zero-order chi connectivity index (χ0) is 28.0. The molecule has 1 atom stereocenters. The number of hydrogen-bond donors (Lipinski definition) is 0. The van der Waals surface area contributed by atoms with Crippen molar-refractivity contribution in [1.29, 1.82) is 0 Å². The summed E-state index contributed by atoms with van der Waals surface area (Å²) in [5, 5.41) is -0.210. The number of ether oxygens (including phenoxy) is 3. The van der Waals surface area contributed by atoms with Crippen molar-refractivity contribution in [1.82, 2.24) is 9.97 Å². The number of alkyl halides is 4. The van der Waals surface area contributed by atoms with Gasteiger partial charge in [-0.3, -0.25) is 4.98 Å². The number of halogens is 4. The van der Waals surface area contributed by atoms with Gasteiger partial charge in [0.1, 0.15) is 5.75 Å². The molecule has 12 heteroatoms. The van der Waals surface area contributed by atoms with E-state index in [1.54, 1.807) is 42.6 Å². The molecule has 4 rings (SSSR count). The second-order valence-electron chi connectivity index (χ2n) is 8.15. The number of methoxy groups -OCH3 is 1. The van der Waals surface area contributed by atoms with Gasteiger partial charge in [-0.1, -0.05) is 24.3 Å². The lowest BCUT2D eigenvalue weighted by atomic mass is 9.88. The van der Waals surface area contributed by atoms with Crippen molar-refractivity contribution >= 4 is 9.84 Å². The minimum absolute atomic E-state index is 0.00413. The second-order valence-corrected chi connectivity index (χ2v) is 10.0. The van der Waals surface area contributed by atoms with Crippen LogP contribution < -0.4 is 14.2 Å². The summed E-state index contributed by atoms with van der Waals surface area (Å²) in [4.78, 5) is 8.48. The van der Waals surface area contributed by atoms with E-state index in [2.05, 4.69) is 19.4 Å². The summed E-state index contributed by atoms with van der Waals surface area (Å²) < 4.78 is 91.8. The van der Waals surface area contributed by atoms with E-state index in [1.807, 2.05) is 0 Å². The van der Waals surface area contributed by atoms with E-state index in [0.717, 1.165) is 6.07 Å². The molecule has 2 heterocycles. The molecule has 0 spiro atoms. The zero-order valence-electron chi connectivity index (χ0n) is 20.4. The highest BCUT2D eigenvalue weighted by atomic mass is 32.2. The quantitative estimate of drug-likeness (QED) is 0.211. The first-order valence-corrected chi connectivity index (χ1v) is 12.9. The van der Waals surface area contributed by atoms with Crippen molar-refractivity contribution in [3.63, 3.8) is 0 Å². The number of nitrogens with zero attached hydrogens (tertiary/aromatic N) is 2. The monoisotopic (exact) mass is 562 g/mol. The van der Waals surface area contributed by atoms with E-state index in [0.29, 0.717) is 22.6 Å². The smallest absolute Gasteiger partial charge is 0.387 e. The summed E-state index contributed by atoms with van der Waals surface area (Å²) in [6, 6.07) is 17.8. The summed E-state index contributed by atoms with van der Waals surface area (Å²) in [6.45, 7) is -6.53. The highest BCUT2D eigenvalue weighted by molar-refractivity contribution is 7.91. The Kier molecular flexibility index (Phi) is 8.65. The maximum Gasteiger partial charge on any atom is 0.387 e. The molecular weight excluding hydrogens is 540 g/mol. The molecule has 7 nitrogen and oxygen atoms in total. The molecule has 2 aromatic heterocycles. The Morgan fingerprint density at radius 1 is 0.795 bits per heavy atom. The van der Waals surface area contributed by atoms with E-state index in [1.165, 1.54) is 43.6 Å². The fourth-order valence-electron chi connectivity index (χ4n) is 3.92. The molecule has 0 aliphatic rings. The Bertz CT molecular complexity index is 1500. The van der Waals surface area contributed by atoms with E-state index < -0.39 is 40.5 Å². The summed E-state index contributed by atoms with van der Waals surface area (Å²) in [7, 11) is -2.55. The molecule has 1 unspecified atom stereocenters. The van der Waals surface area contributed by atoms with E-state index >= 15 is 0 Å². The van der Waals surface area contributed by atoms with Gasteiger partial charge in [-0.25, -0.2) is 13.4 Å². The number of benzene rings is 2. The van der Waals surface area contributed by atoms with Crippen LogP contribution in [0.4, 0.5) is 17.6 Å². The van der Waals surface area contributed by atoms with E-state index in [-0.39, 0.29) is 16.3 Å². The number of hydrogen-bond acceptors (Lipinski definition) is 7. The predicted molar refractivity (Wildman–Crippen MR) is 132 cm³/mol. The molecular formula is C27H22F4N2O5S. The van der Waals surface area contributed by atoms with Gasteiger partial charge in [0.2, 0.25) is 9.84 Å². The molecule has 0 N–H and O–H groups in total. The summed E-state index contributed by atoms with van der Waals surface area (Å²) in [5.74, 6) is -1.34. The van der Waals surface area contributed by atoms with Crippen LogP contribution in [0.1, 0.15) is 22.7 Å². The van der Waals surface area contributed by atoms with Crippen LogP contribution >= 0.6 is 0 Å². The topological polar surface area (TPSA) is 87.6 Å². The largest absolute Gasteiger partial charge is 0.497 e. The van der Waals surface area contributed by atoms with Crippen LogP contribution in [0.25, 0.3) is 0 Å². The number of aromatic nitrogens is 2. The molecule has 4 aromatic rings. The SMILES string of the molecule is COc1cccc(S(=O)(=O)c2ccc(C(Cc3ccccn3)c3ccc(OC(F)F)c(OC(F)F)c3)cn2)c1. The van der Waals surface area contributed by atoms with Crippen molar-refractivity contribution < 1.29 is 40.2 Å². The van der Waals surface area contributed by atoms with Crippen molar-refractivity contribution in [2.75, 3.05) is 7.11 Å². The van der Waals surface area contributed by atoms with Crippen LogP contribution in [-0.2, 0) is 16.3 Å². The highest BCUT2D eigenvalue weighted by Gasteiger charge is 2.24. The predicted octanol–water partition coefficient (Wildman–Crippen LogP) is 5.90. The zero-order valence-corrected chi connectivity index (χ0v) is 21.2. The lowest BCUT2D eigenvalue weighted by Gasteiger charge is -2.20. The maximum absolute atomic E-state index is 13.1. The fraction of sp³-hybridized carbons (Fsp3) is 0.185. The average Bonchev–Trinajstić information content (AvgIpc) is 2.93. The Hall–Kier alpha value is -4.19. The van der Waals surface area contributed by atoms with Crippen LogP contribution in [-0.4, -0.2) is 38.7 Å². The van der Waals surface area contributed by atoms with Crippen molar-refractivity contribution in [3.8, 4) is 17.2 Å². The van der Waals surface area contributed by atoms with Crippen LogP contribution in [0.3, 0.4) is 0 Å². The first-order chi connectivity index (χ1) is 18.7. The normalized spacial score (nSPS) is 12.4. The molecule has 0 radical (unpaired) electrons. The molecule has 0 aliphatic carbocycles. The van der Waals surface area contributed by atoms with Crippen molar-refractivity contribution in [2.45, 2.75) is 35.5 Å². The molecule has 0 saturated carbocycles. The van der Waals surface area contributed by atoms with Gasteiger partial charge >= 0.3 is 13.2 Å².